The molecule has 28 heavy (non-hydrogen) atoms. The fraction of sp³-hybridized carbons (Fsp3) is 0.190. The molecule has 0 aliphatic heterocycles. The highest BCUT2D eigenvalue weighted by molar-refractivity contribution is 7.13. The van der Waals surface area contributed by atoms with E-state index in [9.17, 15) is 9.59 Å². The van der Waals surface area contributed by atoms with Crippen molar-refractivity contribution >= 4 is 40.4 Å². The Labute approximate surface area is 172 Å². The maximum absolute atomic E-state index is 12.1. The second-order valence-corrected chi connectivity index (χ2v) is 7.72. The van der Waals surface area contributed by atoms with E-state index in [1.165, 1.54) is 11.3 Å². The molecule has 0 unspecified atom stereocenters. The number of benzene rings is 2. The van der Waals surface area contributed by atoms with Crippen molar-refractivity contribution in [2.45, 2.75) is 20.3 Å². The molecule has 0 bridgehead atoms. The summed E-state index contributed by atoms with van der Waals surface area (Å²) >= 11 is 7.44. The molecule has 3 rings (SSSR count). The van der Waals surface area contributed by atoms with Gasteiger partial charge in [0, 0.05) is 34.6 Å². The van der Waals surface area contributed by atoms with Crippen LogP contribution in [0.1, 0.15) is 16.8 Å². The molecule has 2 aromatic carbocycles. The Morgan fingerprint density at radius 3 is 2.54 bits per heavy atom. The van der Waals surface area contributed by atoms with E-state index in [0.717, 1.165) is 27.4 Å². The fourth-order valence-corrected chi connectivity index (χ4v) is 3.65. The molecule has 0 saturated heterocycles. The van der Waals surface area contributed by atoms with E-state index in [1.807, 2.05) is 55.6 Å². The van der Waals surface area contributed by atoms with Crippen LogP contribution in [0.4, 0.5) is 5.69 Å². The van der Waals surface area contributed by atoms with Crippen molar-refractivity contribution in [1.82, 2.24) is 10.3 Å². The summed E-state index contributed by atoms with van der Waals surface area (Å²) in [6.07, 6.45) is 0.548. The fourth-order valence-electron chi connectivity index (χ4n) is 2.66. The Bertz CT molecular complexity index is 999. The lowest BCUT2D eigenvalue weighted by atomic mass is 10.1. The van der Waals surface area contributed by atoms with Gasteiger partial charge in [-0.25, -0.2) is 4.98 Å². The highest BCUT2D eigenvalue weighted by Crippen LogP contribution is 2.25. The molecule has 144 valence electrons. The second-order valence-electron chi connectivity index (χ2n) is 6.43. The number of nitrogens with zero attached hydrogens (tertiary/aromatic N) is 1. The molecule has 0 saturated carbocycles. The Kier molecular flexibility index (Phi) is 6.44. The Hall–Kier alpha value is -2.70. The maximum atomic E-state index is 12.1. The molecule has 1 heterocycles. The van der Waals surface area contributed by atoms with Crippen molar-refractivity contribution in [3.63, 3.8) is 0 Å². The summed E-state index contributed by atoms with van der Waals surface area (Å²) < 4.78 is 0. The minimum Gasteiger partial charge on any atom is -0.347 e. The first-order valence-corrected chi connectivity index (χ1v) is 10.0. The van der Waals surface area contributed by atoms with Crippen molar-refractivity contribution in [3.05, 3.63) is 69.7 Å². The largest absolute Gasteiger partial charge is 0.347 e. The molecule has 5 nitrogen and oxygen atoms in total. The van der Waals surface area contributed by atoms with E-state index in [-0.39, 0.29) is 0 Å². The van der Waals surface area contributed by atoms with Crippen LogP contribution in [0, 0.1) is 13.8 Å². The van der Waals surface area contributed by atoms with E-state index >= 15 is 0 Å². The van der Waals surface area contributed by atoms with Gasteiger partial charge in [-0.1, -0.05) is 41.4 Å². The van der Waals surface area contributed by atoms with Crippen LogP contribution in [-0.4, -0.2) is 23.3 Å². The van der Waals surface area contributed by atoms with Gasteiger partial charge in [-0.05, 0) is 37.6 Å². The monoisotopic (exact) mass is 413 g/mol. The predicted octanol–water partition coefficient (Wildman–Crippen LogP) is 4.38. The average Bonchev–Trinajstić information content (AvgIpc) is 3.13. The lowest BCUT2D eigenvalue weighted by Crippen LogP contribution is -2.36. The standard InChI is InChI=1S/C21H20ClN3O2S/c1-13-3-8-18(14(2)11-13)25-20(27)19(26)23-10-9-17-12-28-21(24-17)15-4-6-16(22)7-5-15/h3-8,11-12H,9-10H2,1-2H3,(H,23,26)(H,25,27). The van der Waals surface area contributed by atoms with Gasteiger partial charge in [-0.15, -0.1) is 11.3 Å². The number of thiazole rings is 1. The normalized spacial score (nSPS) is 10.5. The van der Waals surface area contributed by atoms with Crippen LogP contribution in [0.25, 0.3) is 10.6 Å². The van der Waals surface area contributed by atoms with Crippen LogP contribution in [0.5, 0.6) is 0 Å². The third kappa shape index (κ3) is 5.18. The number of carbonyl (C=O) groups is 2. The zero-order chi connectivity index (χ0) is 20.1. The van der Waals surface area contributed by atoms with Gasteiger partial charge in [-0.2, -0.15) is 0 Å². The van der Waals surface area contributed by atoms with Gasteiger partial charge in [0.2, 0.25) is 0 Å². The van der Waals surface area contributed by atoms with Crippen molar-refractivity contribution in [1.29, 1.82) is 0 Å². The summed E-state index contributed by atoms with van der Waals surface area (Å²) in [6.45, 7) is 4.20. The molecule has 3 aromatic rings. The molecule has 0 atom stereocenters. The van der Waals surface area contributed by atoms with E-state index in [0.29, 0.717) is 23.7 Å². The zero-order valence-corrected chi connectivity index (χ0v) is 17.2. The van der Waals surface area contributed by atoms with Crippen LogP contribution in [0.3, 0.4) is 0 Å². The minimum absolute atomic E-state index is 0.336. The van der Waals surface area contributed by atoms with Gasteiger partial charge < -0.3 is 10.6 Å². The molecular formula is C21H20ClN3O2S. The number of hydrogen-bond acceptors (Lipinski definition) is 4. The predicted molar refractivity (Wildman–Crippen MR) is 114 cm³/mol. The summed E-state index contributed by atoms with van der Waals surface area (Å²) in [6, 6.07) is 13.1. The Morgan fingerprint density at radius 2 is 1.82 bits per heavy atom. The second kappa shape index (κ2) is 8.99. The summed E-state index contributed by atoms with van der Waals surface area (Å²) in [4.78, 5) is 28.6. The van der Waals surface area contributed by atoms with Crippen LogP contribution >= 0.6 is 22.9 Å². The smallest absolute Gasteiger partial charge is 0.313 e. The number of carbonyl (C=O) groups excluding carboxylic acids is 2. The molecule has 0 radical (unpaired) electrons. The highest BCUT2D eigenvalue weighted by Gasteiger charge is 2.14. The van der Waals surface area contributed by atoms with Gasteiger partial charge in [0.25, 0.3) is 0 Å². The van der Waals surface area contributed by atoms with E-state index in [1.54, 1.807) is 6.07 Å². The van der Waals surface area contributed by atoms with Crippen molar-refractivity contribution in [2.75, 3.05) is 11.9 Å². The van der Waals surface area contributed by atoms with Crippen LogP contribution in [0.2, 0.25) is 5.02 Å². The lowest BCUT2D eigenvalue weighted by molar-refractivity contribution is -0.136. The minimum atomic E-state index is -0.674. The van der Waals surface area contributed by atoms with Gasteiger partial charge >= 0.3 is 11.8 Å². The van der Waals surface area contributed by atoms with Crippen LogP contribution in [0.15, 0.2) is 47.8 Å². The van der Waals surface area contributed by atoms with Crippen molar-refractivity contribution in [3.8, 4) is 10.6 Å². The molecule has 0 aliphatic carbocycles. The summed E-state index contributed by atoms with van der Waals surface area (Å²) in [5.41, 5.74) is 4.51. The van der Waals surface area contributed by atoms with E-state index in [4.69, 9.17) is 11.6 Å². The Morgan fingerprint density at radius 1 is 1.07 bits per heavy atom. The third-order valence-electron chi connectivity index (χ3n) is 4.15. The van der Waals surface area contributed by atoms with Crippen molar-refractivity contribution < 1.29 is 9.59 Å². The quantitative estimate of drug-likeness (QED) is 0.610. The number of hydrogen-bond donors (Lipinski definition) is 2. The molecule has 2 N–H and O–H groups in total. The first-order chi connectivity index (χ1) is 13.4. The number of halogens is 1. The maximum Gasteiger partial charge on any atom is 0.313 e. The van der Waals surface area contributed by atoms with Crippen molar-refractivity contribution in [2.24, 2.45) is 0 Å². The SMILES string of the molecule is Cc1ccc(NC(=O)C(=O)NCCc2csc(-c3ccc(Cl)cc3)n2)c(C)c1. The van der Waals surface area contributed by atoms with Gasteiger partial charge in [0.1, 0.15) is 5.01 Å². The molecule has 7 heteroatoms. The first-order valence-electron chi connectivity index (χ1n) is 8.79. The third-order valence-corrected chi connectivity index (χ3v) is 5.34. The first kappa shape index (κ1) is 20.0. The van der Waals surface area contributed by atoms with Gasteiger partial charge in [0.15, 0.2) is 0 Å². The number of anilines is 1. The number of aryl methyl sites for hydroxylation is 2. The lowest BCUT2D eigenvalue weighted by Gasteiger charge is -2.09. The van der Waals surface area contributed by atoms with E-state index in [2.05, 4.69) is 15.6 Å². The number of rotatable bonds is 5. The topological polar surface area (TPSA) is 71.1 Å². The molecule has 1 aromatic heterocycles. The highest BCUT2D eigenvalue weighted by atomic mass is 35.5. The molecule has 0 aliphatic rings. The number of amides is 2. The van der Waals surface area contributed by atoms with Gasteiger partial charge in [-0.3, -0.25) is 9.59 Å². The van der Waals surface area contributed by atoms with Gasteiger partial charge in [0.05, 0.1) is 5.69 Å². The zero-order valence-electron chi connectivity index (χ0n) is 15.6. The Balaban J connectivity index is 1.50. The molecule has 0 spiro atoms. The molecule has 2 amide bonds. The number of nitrogens with one attached hydrogen (secondary N) is 2. The summed E-state index contributed by atoms with van der Waals surface area (Å²) in [5.74, 6) is -1.33. The molecule has 0 fully saturated rings. The molecular weight excluding hydrogens is 394 g/mol. The average molecular weight is 414 g/mol. The summed E-state index contributed by atoms with van der Waals surface area (Å²) in [7, 11) is 0. The summed E-state index contributed by atoms with van der Waals surface area (Å²) in [5, 5.41) is 8.80. The van der Waals surface area contributed by atoms with Crippen LogP contribution < -0.4 is 10.6 Å². The number of aromatic nitrogens is 1. The van der Waals surface area contributed by atoms with E-state index < -0.39 is 11.8 Å². The van der Waals surface area contributed by atoms with Crippen LogP contribution in [-0.2, 0) is 16.0 Å².